The molecule has 128 valence electrons. The zero-order valence-corrected chi connectivity index (χ0v) is 15.2. The van der Waals surface area contributed by atoms with Crippen LogP contribution in [0, 0.1) is 20.8 Å². The Labute approximate surface area is 151 Å². The van der Waals surface area contributed by atoms with Gasteiger partial charge in [-0.25, -0.2) is 5.43 Å². The van der Waals surface area contributed by atoms with Crippen LogP contribution in [0.1, 0.15) is 27.0 Å². The summed E-state index contributed by atoms with van der Waals surface area (Å²) in [6.45, 7) is 5.89. The number of thioether (sulfide) groups is 1. The van der Waals surface area contributed by atoms with Crippen molar-refractivity contribution < 1.29 is 9.59 Å². The lowest BCUT2D eigenvalue weighted by Crippen LogP contribution is -2.32. The molecule has 0 radical (unpaired) electrons. The molecule has 1 fully saturated rings. The number of amidine groups is 1. The van der Waals surface area contributed by atoms with Crippen molar-refractivity contribution in [3.8, 4) is 0 Å². The number of nitrogens with one attached hydrogen (secondary N) is 1. The Morgan fingerprint density at radius 2 is 1.76 bits per heavy atom. The zero-order chi connectivity index (χ0) is 18.0. The maximum atomic E-state index is 12.3. The average molecular weight is 353 g/mol. The molecule has 1 heterocycles. The molecule has 0 aromatic heterocycles. The van der Waals surface area contributed by atoms with Gasteiger partial charge < -0.3 is 0 Å². The van der Waals surface area contributed by atoms with Crippen molar-refractivity contribution in [1.29, 1.82) is 0 Å². The van der Waals surface area contributed by atoms with Gasteiger partial charge in [-0.3, -0.25) is 14.5 Å². The molecule has 0 bridgehead atoms. The van der Waals surface area contributed by atoms with Gasteiger partial charge in [-0.05, 0) is 50.1 Å². The summed E-state index contributed by atoms with van der Waals surface area (Å²) in [6, 6.07) is 13.2. The molecule has 1 saturated heterocycles. The van der Waals surface area contributed by atoms with E-state index in [0.717, 1.165) is 22.4 Å². The van der Waals surface area contributed by atoms with Gasteiger partial charge in [-0.1, -0.05) is 41.6 Å². The third kappa shape index (κ3) is 3.74. The van der Waals surface area contributed by atoms with Crippen molar-refractivity contribution in [2.75, 3.05) is 10.7 Å². The van der Waals surface area contributed by atoms with Crippen LogP contribution in [0.25, 0.3) is 0 Å². The number of carbonyl (C=O) groups is 2. The molecule has 3 rings (SSSR count). The second kappa shape index (κ2) is 7.11. The largest absolute Gasteiger partial charge is 0.273 e. The average Bonchev–Trinajstić information content (AvgIpc) is 2.96. The number of nitrogens with zero attached hydrogens (tertiary/aromatic N) is 2. The SMILES string of the molecule is Cc1ccc(C(=O)NN=C2SCC(=O)N2c2cc(C)ccc2C)cc1. The summed E-state index contributed by atoms with van der Waals surface area (Å²) in [5, 5.41) is 4.67. The third-order valence-electron chi connectivity index (χ3n) is 3.94. The van der Waals surface area contributed by atoms with E-state index >= 15 is 0 Å². The molecule has 0 saturated carbocycles. The molecule has 0 unspecified atom stereocenters. The maximum Gasteiger partial charge on any atom is 0.271 e. The minimum absolute atomic E-state index is 0.0398. The Bertz CT molecular complexity index is 859. The van der Waals surface area contributed by atoms with E-state index in [1.54, 1.807) is 17.0 Å². The summed E-state index contributed by atoms with van der Waals surface area (Å²) in [5.74, 6) is -0.0255. The molecular weight excluding hydrogens is 334 g/mol. The van der Waals surface area contributed by atoms with Crippen LogP contribution in [-0.4, -0.2) is 22.7 Å². The van der Waals surface area contributed by atoms with Crippen LogP contribution in [0.4, 0.5) is 5.69 Å². The molecule has 5 nitrogen and oxygen atoms in total. The van der Waals surface area contributed by atoms with Crippen LogP contribution in [0.2, 0.25) is 0 Å². The molecule has 25 heavy (non-hydrogen) atoms. The van der Waals surface area contributed by atoms with Gasteiger partial charge in [0.2, 0.25) is 5.91 Å². The number of rotatable bonds is 3. The number of carbonyl (C=O) groups excluding carboxylic acids is 2. The summed E-state index contributed by atoms with van der Waals surface area (Å²) < 4.78 is 0. The van der Waals surface area contributed by atoms with Gasteiger partial charge in [-0.15, -0.1) is 5.10 Å². The van der Waals surface area contributed by atoms with Crippen LogP contribution in [0.15, 0.2) is 47.6 Å². The molecule has 2 aromatic carbocycles. The Morgan fingerprint density at radius 3 is 2.48 bits per heavy atom. The Kier molecular flexibility index (Phi) is 4.90. The Morgan fingerprint density at radius 1 is 1.08 bits per heavy atom. The van der Waals surface area contributed by atoms with Crippen molar-refractivity contribution in [2.24, 2.45) is 5.10 Å². The number of amides is 2. The highest BCUT2D eigenvalue weighted by Crippen LogP contribution is 2.29. The number of hydrogen-bond acceptors (Lipinski definition) is 4. The Balaban J connectivity index is 1.84. The lowest BCUT2D eigenvalue weighted by molar-refractivity contribution is -0.115. The summed E-state index contributed by atoms with van der Waals surface area (Å²) in [6.07, 6.45) is 0. The number of aryl methyl sites for hydroxylation is 3. The standard InChI is InChI=1S/C19H19N3O2S/c1-12-5-8-15(9-6-12)18(24)20-21-19-22(17(23)11-25-19)16-10-13(2)4-7-14(16)3/h4-10H,11H2,1-3H3,(H,20,24). The molecule has 0 spiro atoms. The van der Waals surface area contributed by atoms with Gasteiger partial charge in [0.15, 0.2) is 5.17 Å². The van der Waals surface area contributed by atoms with Crippen LogP contribution in [0.3, 0.4) is 0 Å². The molecule has 1 aliphatic heterocycles. The normalized spacial score (nSPS) is 15.7. The van der Waals surface area contributed by atoms with Gasteiger partial charge in [-0.2, -0.15) is 0 Å². The van der Waals surface area contributed by atoms with Crippen molar-refractivity contribution in [1.82, 2.24) is 5.43 Å². The lowest BCUT2D eigenvalue weighted by Gasteiger charge is -2.19. The van der Waals surface area contributed by atoms with E-state index in [4.69, 9.17) is 0 Å². The van der Waals surface area contributed by atoms with Crippen molar-refractivity contribution in [3.63, 3.8) is 0 Å². The first-order chi connectivity index (χ1) is 12.0. The highest BCUT2D eigenvalue weighted by molar-refractivity contribution is 8.15. The first kappa shape index (κ1) is 17.2. The molecule has 2 aromatic rings. The predicted octanol–water partition coefficient (Wildman–Crippen LogP) is 3.39. The molecule has 2 amide bonds. The van der Waals surface area contributed by atoms with Gasteiger partial charge in [0.25, 0.3) is 5.91 Å². The summed E-state index contributed by atoms with van der Waals surface area (Å²) in [4.78, 5) is 26.1. The van der Waals surface area contributed by atoms with E-state index < -0.39 is 0 Å². The van der Waals surface area contributed by atoms with Gasteiger partial charge in [0.05, 0.1) is 11.4 Å². The third-order valence-corrected chi connectivity index (χ3v) is 4.86. The fourth-order valence-electron chi connectivity index (χ4n) is 2.51. The van der Waals surface area contributed by atoms with E-state index in [1.165, 1.54) is 11.8 Å². The second-order valence-electron chi connectivity index (χ2n) is 6.01. The number of anilines is 1. The van der Waals surface area contributed by atoms with E-state index in [-0.39, 0.29) is 11.8 Å². The Hall–Kier alpha value is -2.60. The first-order valence-electron chi connectivity index (χ1n) is 7.93. The minimum atomic E-state index is -0.298. The van der Waals surface area contributed by atoms with Crippen LogP contribution < -0.4 is 10.3 Å². The molecule has 1 N–H and O–H groups in total. The van der Waals surface area contributed by atoms with Crippen LogP contribution >= 0.6 is 11.8 Å². The van der Waals surface area contributed by atoms with Crippen LogP contribution in [-0.2, 0) is 4.79 Å². The summed E-state index contributed by atoms with van der Waals surface area (Å²) in [5.41, 5.74) is 7.02. The quantitative estimate of drug-likeness (QED) is 0.861. The van der Waals surface area contributed by atoms with E-state index in [0.29, 0.717) is 16.5 Å². The van der Waals surface area contributed by atoms with Gasteiger partial charge in [0.1, 0.15) is 0 Å². The van der Waals surface area contributed by atoms with Crippen molar-refractivity contribution >= 4 is 34.4 Å². The minimum Gasteiger partial charge on any atom is -0.273 e. The van der Waals surface area contributed by atoms with Crippen molar-refractivity contribution in [2.45, 2.75) is 20.8 Å². The highest BCUT2D eigenvalue weighted by atomic mass is 32.2. The number of hydrogen-bond donors (Lipinski definition) is 1. The smallest absolute Gasteiger partial charge is 0.271 e. The lowest BCUT2D eigenvalue weighted by atomic mass is 10.1. The summed E-state index contributed by atoms with van der Waals surface area (Å²) >= 11 is 1.32. The van der Waals surface area contributed by atoms with E-state index in [1.807, 2.05) is 51.1 Å². The molecular formula is C19H19N3O2S. The monoisotopic (exact) mass is 353 g/mol. The fraction of sp³-hybridized carbons (Fsp3) is 0.211. The number of hydrazone groups is 1. The first-order valence-corrected chi connectivity index (χ1v) is 8.92. The molecule has 1 aliphatic rings. The zero-order valence-electron chi connectivity index (χ0n) is 14.4. The molecule has 0 aliphatic carbocycles. The second-order valence-corrected chi connectivity index (χ2v) is 6.95. The number of benzene rings is 2. The fourth-order valence-corrected chi connectivity index (χ4v) is 3.33. The van der Waals surface area contributed by atoms with Crippen LogP contribution in [0.5, 0.6) is 0 Å². The van der Waals surface area contributed by atoms with Gasteiger partial charge in [0, 0.05) is 5.56 Å². The highest BCUT2D eigenvalue weighted by Gasteiger charge is 2.31. The predicted molar refractivity (Wildman–Crippen MR) is 102 cm³/mol. The molecule has 6 heteroatoms. The maximum absolute atomic E-state index is 12.3. The molecule has 0 atom stereocenters. The van der Waals surface area contributed by atoms with Crippen molar-refractivity contribution in [3.05, 3.63) is 64.7 Å². The van der Waals surface area contributed by atoms with E-state index in [2.05, 4.69) is 10.5 Å². The van der Waals surface area contributed by atoms with E-state index in [9.17, 15) is 9.59 Å². The summed E-state index contributed by atoms with van der Waals surface area (Å²) in [7, 11) is 0. The van der Waals surface area contributed by atoms with Gasteiger partial charge >= 0.3 is 0 Å². The topological polar surface area (TPSA) is 61.8 Å².